The molecule has 19 heavy (non-hydrogen) atoms. The lowest BCUT2D eigenvalue weighted by Crippen LogP contribution is -2.41. The predicted octanol–water partition coefficient (Wildman–Crippen LogP) is 1.82. The van der Waals surface area contributed by atoms with Gasteiger partial charge in [-0.1, -0.05) is 11.6 Å². The van der Waals surface area contributed by atoms with Crippen LogP contribution in [-0.4, -0.2) is 42.6 Å². The fourth-order valence-electron chi connectivity index (χ4n) is 2.42. The third kappa shape index (κ3) is 3.36. The maximum Gasteiger partial charge on any atom is 0.256 e. The molecule has 0 aromatic carbocycles. The summed E-state index contributed by atoms with van der Waals surface area (Å²) in [6, 6.07) is 1.53. The molecule has 2 N–H and O–H groups in total. The number of amides is 1. The predicted molar refractivity (Wildman–Crippen MR) is 74.2 cm³/mol. The molecule has 0 saturated carbocycles. The molecule has 1 fully saturated rings. The molecule has 5 nitrogen and oxygen atoms in total. The number of carbonyl (C=O) groups is 1. The highest BCUT2D eigenvalue weighted by molar-refractivity contribution is 6.29. The smallest absolute Gasteiger partial charge is 0.256 e. The molecule has 0 aliphatic carbocycles. The number of hydrogen-bond donors (Lipinski definition) is 1. The summed E-state index contributed by atoms with van der Waals surface area (Å²) in [5, 5.41) is 0.281. The zero-order valence-corrected chi connectivity index (χ0v) is 11.7. The number of pyridine rings is 1. The van der Waals surface area contributed by atoms with Gasteiger partial charge in [-0.2, -0.15) is 0 Å². The van der Waals surface area contributed by atoms with Gasteiger partial charge in [0.25, 0.3) is 5.91 Å². The molecule has 6 heteroatoms. The number of methoxy groups -OCH3 is 1. The molecule has 1 aliphatic heterocycles. The van der Waals surface area contributed by atoms with Gasteiger partial charge in [-0.3, -0.25) is 4.79 Å². The summed E-state index contributed by atoms with van der Waals surface area (Å²) in [5.74, 6) is 0.309. The van der Waals surface area contributed by atoms with Crippen LogP contribution < -0.4 is 5.73 Å². The molecule has 1 aromatic rings. The van der Waals surface area contributed by atoms with Gasteiger partial charge >= 0.3 is 0 Å². The van der Waals surface area contributed by atoms with E-state index in [4.69, 9.17) is 22.1 Å². The van der Waals surface area contributed by atoms with E-state index < -0.39 is 0 Å². The van der Waals surface area contributed by atoms with Gasteiger partial charge in [0, 0.05) is 20.2 Å². The Morgan fingerprint density at radius 2 is 2.47 bits per heavy atom. The van der Waals surface area contributed by atoms with Gasteiger partial charge in [-0.25, -0.2) is 4.98 Å². The van der Waals surface area contributed by atoms with E-state index in [0.717, 1.165) is 19.4 Å². The summed E-state index contributed by atoms with van der Waals surface area (Å²) in [4.78, 5) is 18.1. The molecule has 0 spiro atoms. The highest BCUT2D eigenvalue weighted by Crippen LogP contribution is 2.22. The van der Waals surface area contributed by atoms with Gasteiger partial charge < -0.3 is 15.4 Å². The molecule has 2 rings (SSSR count). The number of carbonyl (C=O) groups excluding carboxylic acids is 1. The average Bonchev–Trinajstić information content (AvgIpc) is 2.41. The molecule has 104 valence electrons. The van der Waals surface area contributed by atoms with Crippen molar-refractivity contribution in [3.05, 3.63) is 23.0 Å². The number of nitrogens with two attached hydrogens (primary N) is 1. The molecule has 1 saturated heterocycles. The Hall–Kier alpha value is -1.33. The van der Waals surface area contributed by atoms with Gasteiger partial charge in [0.2, 0.25) is 0 Å². The van der Waals surface area contributed by atoms with Crippen LogP contribution in [0.3, 0.4) is 0 Å². The van der Waals surface area contributed by atoms with Crippen molar-refractivity contribution in [3.63, 3.8) is 0 Å². The summed E-state index contributed by atoms with van der Waals surface area (Å²) in [7, 11) is 1.68. The van der Waals surface area contributed by atoms with Crippen molar-refractivity contribution in [1.29, 1.82) is 0 Å². The second-order valence-electron chi connectivity index (χ2n) is 4.81. The van der Waals surface area contributed by atoms with E-state index in [9.17, 15) is 4.79 Å². The van der Waals surface area contributed by atoms with Crippen LogP contribution in [-0.2, 0) is 4.74 Å². The Morgan fingerprint density at radius 1 is 1.68 bits per heavy atom. The molecular weight excluding hydrogens is 266 g/mol. The Morgan fingerprint density at radius 3 is 3.21 bits per heavy atom. The standard InChI is InChI=1S/C13H18ClN3O2/c1-19-8-9-3-2-4-17(7-9)13(18)10-5-12(14)16-6-11(10)15/h5-6,9H,2-4,7-8,15H2,1H3. The van der Waals surface area contributed by atoms with Crippen molar-refractivity contribution >= 4 is 23.2 Å². The molecule has 0 radical (unpaired) electrons. The number of piperidine rings is 1. The Balaban J connectivity index is 2.12. The highest BCUT2D eigenvalue weighted by atomic mass is 35.5. The zero-order chi connectivity index (χ0) is 13.8. The van der Waals surface area contributed by atoms with E-state index in [2.05, 4.69) is 4.98 Å². The number of aromatic nitrogens is 1. The molecule has 1 aliphatic rings. The van der Waals surface area contributed by atoms with E-state index in [1.165, 1.54) is 12.3 Å². The van der Waals surface area contributed by atoms with E-state index in [1.807, 2.05) is 4.90 Å². The summed E-state index contributed by atoms with van der Waals surface area (Å²) in [5.41, 5.74) is 6.59. The second-order valence-corrected chi connectivity index (χ2v) is 5.20. The summed E-state index contributed by atoms with van der Waals surface area (Å²) in [6.45, 7) is 2.13. The van der Waals surface area contributed by atoms with Crippen molar-refractivity contribution < 1.29 is 9.53 Å². The van der Waals surface area contributed by atoms with Crippen LogP contribution in [0.2, 0.25) is 5.15 Å². The summed E-state index contributed by atoms with van der Waals surface area (Å²) >= 11 is 5.82. The fraction of sp³-hybridized carbons (Fsp3) is 0.538. The van der Waals surface area contributed by atoms with Gasteiger partial charge in [-0.15, -0.1) is 0 Å². The third-order valence-electron chi connectivity index (χ3n) is 3.34. The van der Waals surface area contributed by atoms with E-state index in [1.54, 1.807) is 7.11 Å². The van der Waals surface area contributed by atoms with Crippen molar-refractivity contribution in [2.24, 2.45) is 5.92 Å². The number of anilines is 1. The first-order valence-electron chi connectivity index (χ1n) is 6.31. The van der Waals surface area contributed by atoms with Crippen LogP contribution >= 0.6 is 11.6 Å². The first kappa shape index (κ1) is 14.1. The van der Waals surface area contributed by atoms with Crippen LogP contribution in [0.5, 0.6) is 0 Å². The molecule has 0 bridgehead atoms. The van der Waals surface area contributed by atoms with Crippen molar-refractivity contribution in [2.75, 3.05) is 32.5 Å². The Labute approximate surface area is 117 Å². The zero-order valence-electron chi connectivity index (χ0n) is 10.9. The summed E-state index contributed by atoms with van der Waals surface area (Å²) < 4.78 is 5.16. The van der Waals surface area contributed by atoms with Gasteiger partial charge in [0.05, 0.1) is 24.1 Å². The normalized spacial score (nSPS) is 19.5. The number of rotatable bonds is 3. The van der Waals surface area contributed by atoms with Crippen molar-refractivity contribution in [2.45, 2.75) is 12.8 Å². The lowest BCUT2D eigenvalue weighted by Gasteiger charge is -2.32. The SMILES string of the molecule is COCC1CCCN(C(=O)c2cc(Cl)ncc2N)C1. The number of hydrogen-bond acceptors (Lipinski definition) is 4. The summed E-state index contributed by atoms with van der Waals surface area (Å²) in [6.07, 6.45) is 3.49. The van der Waals surface area contributed by atoms with Gasteiger partial charge in [0.1, 0.15) is 5.15 Å². The maximum absolute atomic E-state index is 12.4. The Bertz CT molecular complexity index is 465. The Kier molecular flexibility index (Phi) is 4.61. The highest BCUT2D eigenvalue weighted by Gasteiger charge is 2.25. The maximum atomic E-state index is 12.4. The van der Waals surface area contributed by atoms with Crippen molar-refractivity contribution in [3.8, 4) is 0 Å². The largest absolute Gasteiger partial charge is 0.397 e. The molecule has 1 unspecified atom stereocenters. The minimum Gasteiger partial charge on any atom is -0.397 e. The third-order valence-corrected chi connectivity index (χ3v) is 3.55. The van der Waals surface area contributed by atoms with Crippen LogP contribution in [0.4, 0.5) is 5.69 Å². The number of nitrogens with zero attached hydrogens (tertiary/aromatic N) is 2. The number of likely N-dealkylation sites (tertiary alicyclic amines) is 1. The monoisotopic (exact) mass is 283 g/mol. The van der Waals surface area contributed by atoms with E-state index in [-0.39, 0.29) is 11.1 Å². The molecular formula is C13H18ClN3O2. The van der Waals surface area contributed by atoms with Crippen molar-refractivity contribution in [1.82, 2.24) is 9.88 Å². The molecule has 2 heterocycles. The van der Waals surface area contributed by atoms with Crippen LogP contribution in [0, 0.1) is 5.92 Å². The van der Waals surface area contributed by atoms with E-state index in [0.29, 0.717) is 30.3 Å². The minimum atomic E-state index is -0.0809. The number of ether oxygens (including phenoxy) is 1. The fourth-order valence-corrected chi connectivity index (χ4v) is 2.58. The van der Waals surface area contributed by atoms with Crippen LogP contribution in [0.25, 0.3) is 0 Å². The van der Waals surface area contributed by atoms with E-state index >= 15 is 0 Å². The molecule has 1 aromatic heterocycles. The molecule has 1 amide bonds. The second kappa shape index (κ2) is 6.21. The first-order valence-corrected chi connectivity index (χ1v) is 6.69. The lowest BCUT2D eigenvalue weighted by atomic mass is 9.98. The minimum absolute atomic E-state index is 0.0809. The van der Waals surface area contributed by atoms with Gasteiger partial charge in [0.15, 0.2) is 0 Å². The quantitative estimate of drug-likeness (QED) is 0.859. The number of nitrogen functional groups attached to an aromatic ring is 1. The van der Waals surface area contributed by atoms with Crippen LogP contribution in [0.15, 0.2) is 12.3 Å². The van der Waals surface area contributed by atoms with Crippen LogP contribution in [0.1, 0.15) is 23.2 Å². The first-order chi connectivity index (χ1) is 9.11. The topological polar surface area (TPSA) is 68.5 Å². The number of halogens is 1. The molecule has 1 atom stereocenters. The average molecular weight is 284 g/mol. The lowest BCUT2D eigenvalue weighted by molar-refractivity contribution is 0.0572. The van der Waals surface area contributed by atoms with Gasteiger partial charge in [-0.05, 0) is 24.8 Å².